The minimum Gasteiger partial charge on any atom is -0.453 e. The van der Waals surface area contributed by atoms with Crippen molar-refractivity contribution in [1.29, 1.82) is 0 Å². The van der Waals surface area contributed by atoms with Gasteiger partial charge in [-0.15, -0.1) is 0 Å². The zero-order valence-electron chi connectivity index (χ0n) is 14.1. The van der Waals surface area contributed by atoms with E-state index in [0.717, 1.165) is 31.4 Å². The number of anilines is 1. The zero-order chi connectivity index (χ0) is 17.1. The molecule has 0 radical (unpaired) electrons. The van der Waals surface area contributed by atoms with Gasteiger partial charge >= 0.3 is 6.09 Å². The van der Waals surface area contributed by atoms with Gasteiger partial charge in [-0.25, -0.2) is 9.78 Å². The largest absolute Gasteiger partial charge is 0.453 e. The van der Waals surface area contributed by atoms with E-state index in [4.69, 9.17) is 5.73 Å². The highest BCUT2D eigenvalue weighted by atomic mass is 32.1. The van der Waals surface area contributed by atoms with Gasteiger partial charge in [0.1, 0.15) is 0 Å². The van der Waals surface area contributed by atoms with E-state index in [0.29, 0.717) is 17.6 Å². The number of amides is 1. The maximum absolute atomic E-state index is 11.4. The quantitative estimate of drug-likeness (QED) is 0.865. The van der Waals surface area contributed by atoms with Crippen molar-refractivity contribution >= 4 is 22.6 Å². The Morgan fingerprint density at radius 3 is 3.04 bits per heavy atom. The average molecular weight is 345 g/mol. The van der Waals surface area contributed by atoms with Crippen molar-refractivity contribution in [1.82, 2.24) is 10.3 Å². The Morgan fingerprint density at radius 2 is 2.29 bits per heavy atom. The van der Waals surface area contributed by atoms with Crippen LogP contribution in [0.5, 0.6) is 0 Å². The summed E-state index contributed by atoms with van der Waals surface area (Å²) in [7, 11) is 1.39. The third kappa shape index (κ3) is 3.38. The van der Waals surface area contributed by atoms with Gasteiger partial charge in [0, 0.05) is 12.5 Å². The van der Waals surface area contributed by atoms with Gasteiger partial charge in [-0.05, 0) is 36.0 Å². The molecule has 2 aromatic rings. The predicted molar refractivity (Wildman–Crippen MR) is 97.4 cm³/mol. The number of carbonyl (C=O) groups is 1. The summed E-state index contributed by atoms with van der Waals surface area (Å²) in [5, 5.41) is 3.47. The summed E-state index contributed by atoms with van der Waals surface area (Å²) >= 11 is 1.57. The smallest absolute Gasteiger partial charge is 0.406 e. The van der Waals surface area contributed by atoms with E-state index in [9.17, 15) is 4.79 Å². The van der Waals surface area contributed by atoms with Crippen LogP contribution in [0, 0.1) is 0 Å². The monoisotopic (exact) mass is 345 g/mol. The topological polar surface area (TPSA) is 77.2 Å². The second kappa shape index (κ2) is 7.21. The molecule has 3 rings (SSSR count). The number of alkyl carbamates (subject to hydrolysis) is 1. The van der Waals surface area contributed by atoms with Crippen LogP contribution in [-0.2, 0) is 17.6 Å². The highest BCUT2D eigenvalue weighted by Gasteiger charge is 2.22. The number of rotatable bonds is 5. The Hall–Kier alpha value is -2.08. The first-order valence-electron chi connectivity index (χ1n) is 8.32. The van der Waals surface area contributed by atoms with Gasteiger partial charge in [0.05, 0.1) is 17.7 Å². The van der Waals surface area contributed by atoms with Crippen LogP contribution in [0.4, 0.5) is 9.93 Å². The number of benzene rings is 1. The van der Waals surface area contributed by atoms with Gasteiger partial charge in [0.25, 0.3) is 0 Å². The first-order valence-corrected chi connectivity index (χ1v) is 9.14. The number of thiazole rings is 1. The molecule has 1 aliphatic rings. The van der Waals surface area contributed by atoms with Gasteiger partial charge in [0.15, 0.2) is 5.13 Å². The summed E-state index contributed by atoms with van der Waals surface area (Å²) in [6.07, 6.45) is 3.65. The third-order valence-corrected chi connectivity index (χ3v) is 5.47. The summed E-state index contributed by atoms with van der Waals surface area (Å²) in [5.74, 6) is 0.298. The lowest BCUT2D eigenvalue weighted by atomic mass is 9.87. The van der Waals surface area contributed by atoms with Crippen LogP contribution in [0.3, 0.4) is 0 Å². The Labute approximate surface area is 146 Å². The Balaban J connectivity index is 1.85. The lowest BCUT2D eigenvalue weighted by Crippen LogP contribution is -2.28. The van der Waals surface area contributed by atoms with Gasteiger partial charge in [-0.3, -0.25) is 0 Å². The number of carbonyl (C=O) groups excluding carboxylic acids is 1. The fourth-order valence-corrected chi connectivity index (χ4v) is 4.25. The van der Waals surface area contributed by atoms with Crippen molar-refractivity contribution in [2.45, 2.75) is 38.5 Å². The molecule has 1 aliphatic carbocycles. The molecule has 1 heterocycles. The van der Waals surface area contributed by atoms with Gasteiger partial charge in [0.2, 0.25) is 0 Å². The Bertz CT molecular complexity index is 742. The zero-order valence-corrected chi connectivity index (χ0v) is 14.9. The molecule has 24 heavy (non-hydrogen) atoms. The second-order valence-corrected chi connectivity index (χ2v) is 7.13. The number of nitrogens with one attached hydrogen (secondary N) is 1. The molecule has 0 fully saturated rings. The number of fused-ring (bicyclic) bond motifs is 3. The molecule has 5 nitrogen and oxygen atoms in total. The molecule has 128 valence electrons. The van der Waals surface area contributed by atoms with Crippen LogP contribution in [0.2, 0.25) is 0 Å². The molecule has 0 aliphatic heterocycles. The third-order valence-electron chi connectivity index (χ3n) is 4.51. The molecule has 0 bridgehead atoms. The lowest BCUT2D eigenvalue weighted by molar-refractivity contribution is 0.170. The first kappa shape index (κ1) is 16.8. The van der Waals surface area contributed by atoms with Gasteiger partial charge < -0.3 is 15.8 Å². The summed E-state index contributed by atoms with van der Waals surface area (Å²) in [6, 6.07) is 6.64. The van der Waals surface area contributed by atoms with Crippen molar-refractivity contribution in [3.8, 4) is 10.4 Å². The van der Waals surface area contributed by atoms with E-state index in [-0.39, 0.29) is 6.09 Å². The molecule has 1 unspecified atom stereocenters. The number of nitrogens with two attached hydrogens (primary N) is 1. The van der Waals surface area contributed by atoms with Crippen LogP contribution < -0.4 is 11.1 Å². The highest BCUT2D eigenvalue weighted by molar-refractivity contribution is 7.18. The van der Waals surface area contributed by atoms with E-state index in [2.05, 4.69) is 40.2 Å². The van der Waals surface area contributed by atoms with Crippen LogP contribution in [0.1, 0.15) is 42.5 Å². The van der Waals surface area contributed by atoms with Crippen molar-refractivity contribution < 1.29 is 9.53 Å². The van der Waals surface area contributed by atoms with E-state index >= 15 is 0 Å². The minimum atomic E-state index is -0.376. The number of hydrogen-bond acceptors (Lipinski definition) is 5. The number of methoxy groups -OCH3 is 1. The molecule has 1 atom stereocenters. The normalized spacial score (nSPS) is 13.8. The molecule has 1 aromatic carbocycles. The van der Waals surface area contributed by atoms with E-state index in [1.807, 2.05) is 0 Å². The van der Waals surface area contributed by atoms with Crippen molar-refractivity contribution in [3.63, 3.8) is 0 Å². The standard InChI is InChI=1S/C18H23N3O2S/c1-3-4-13(10-20-18(22)23-2)11-5-7-14-12(9-11)6-8-15-16(14)24-17(19)21-15/h5,7,9,13H,3-4,6,8,10H2,1-2H3,(H2,19,21)(H,20,22). The fraction of sp³-hybridized carbons (Fsp3) is 0.444. The molecular formula is C18H23N3O2S. The molecule has 6 heteroatoms. The number of ether oxygens (including phenoxy) is 1. The number of nitrogens with zero attached hydrogens (tertiary/aromatic N) is 1. The number of aryl methyl sites for hydroxylation is 2. The van der Waals surface area contributed by atoms with E-state index in [1.54, 1.807) is 11.3 Å². The Kier molecular flexibility index (Phi) is 5.04. The molecule has 1 aromatic heterocycles. The van der Waals surface area contributed by atoms with Gasteiger partial charge in [-0.1, -0.05) is 42.9 Å². The van der Waals surface area contributed by atoms with Crippen LogP contribution >= 0.6 is 11.3 Å². The van der Waals surface area contributed by atoms with Crippen molar-refractivity contribution in [3.05, 3.63) is 35.0 Å². The maximum Gasteiger partial charge on any atom is 0.406 e. The van der Waals surface area contributed by atoms with Crippen LogP contribution in [0.15, 0.2) is 18.2 Å². The van der Waals surface area contributed by atoms with Crippen molar-refractivity contribution in [2.75, 3.05) is 19.4 Å². The van der Waals surface area contributed by atoms with E-state index in [1.165, 1.54) is 28.7 Å². The van der Waals surface area contributed by atoms with Gasteiger partial charge in [-0.2, -0.15) is 0 Å². The molecule has 3 N–H and O–H groups in total. The average Bonchev–Trinajstić information content (AvgIpc) is 2.98. The molecule has 0 saturated carbocycles. The predicted octanol–water partition coefficient (Wildman–Crippen LogP) is 3.73. The lowest BCUT2D eigenvalue weighted by Gasteiger charge is -2.21. The molecule has 1 amide bonds. The number of aromatic nitrogens is 1. The number of nitrogen functional groups attached to an aromatic ring is 1. The fourth-order valence-electron chi connectivity index (χ4n) is 3.31. The minimum absolute atomic E-state index is 0.298. The highest BCUT2D eigenvalue weighted by Crippen LogP contribution is 2.39. The van der Waals surface area contributed by atoms with Crippen molar-refractivity contribution in [2.24, 2.45) is 0 Å². The van der Waals surface area contributed by atoms with E-state index < -0.39 is 0 Å². The molecule has 0 saturated heterocycles. The van der Waals surface area contributed by atoms with Crippen LogP contribution in [0.25, 0.3) is 10.4 Å². The summed E-state index contributed by atoms with van der Waals surface area (Å²) in [6.45, 7) is 2.76. The first-order chi connectivity index (χ1) is 11.6. The number of hydrogen-bond donors (Lipinski definition) is 2. The maximum atomic E-state index is 11.4. The van der Waals surface area contributed by atoms with Crippen LogP contribution in [-0.4, -0.2) is 24.7 Å². The SMILES string of the molecule is CCCC(CNC(=O)OC)c1ccc2c(c1)CCc1nc(N)sc1-2. The molecule has 0 spiro atoms. The Morgan fingerprint density at radius 1 is 1.46 bits per heavy atom. The summed E-state index contributed by atoms with van der Waals surface area (Å²) < 4.78 is 4.68. The second-order valence-electron chi connectivity index (χ2n) is 6.10. The summed E-state index contributed by atoms with van der Waals surface area (Å²) in [4.78, 5) is 17.0. The molecular weight excluding hydrogens is 322 g/mol. The summed E-state index contributed by atoms with van der Waals surface area (Å²) in [5.41, 5.74) is 10.9.